The van der Waals surface area contributed by atoms with Crippen LogP contribution in [-0.2, 0) is 11.2 Å². The van der Waals surface area contributed by atoms with Crippen LogP contribution in [0, 0.1) is 11.8 Å². The fraction of sp³-hybridized carbons (Fsp3) is 0.533. The van der Waals surface area contributed by atoms with Crippen molar-refractivity contribution in [1.82, 2.24) is 0 Å². The first-order valence-electron chi connectivity index (χ1n) is 6.36. The molecule has 0 heterocycles. The van der Waals surface area contributed by atoms with Crippen LogP contribution < -0.4 is 5.32 Å². The molecule has 2 heteroatoms. The zero-order valence-corrected chi connectivity index (χ0v) is 11.3. The number of hydrogen-bond acceptors (Lipinski definition) is 1. The Labute approximate surface area is 104 Å². The van der Waals surface area contributed by atoms with E-state index < -0.39 is 0 Å². The summed E-state index contributed by atoms with van der Waals surface area (Å²) in [4.78, 5) is 11.7. The van der Waals surface area contributed by atoms with Gasteiger partial charge >= 0.3 is 0 Å². The van der Waals surface area contributed by atoms with Crippen molar-refractivity contribution >= 4 is 11.6 Å². The third-order valence-electron chi connectivity index (χ3n) is 2.51. The van der Waals surface area contributed by atoms with Crippen LogP contribution in [0.2, 0.25) is 0 Å². The number of amides is 1. The summed E-state index contributed by atoms with van der Waals surface area (Å²) < 4.78 is 0. The molecule has 0 atom stereocenters. The normalized spacial score (nSPS) is 10.9. The Balaban J connectivity index is 2.72. The van der Waals surface area contributed by atoms with Gasteiger partial charge in [-0.25, -0.2) is 0 Å². The minimum absolute atomic E-state index is 0.108. The maximum absolute atomic E-state index is 11.7. The van der Waals surface area contributed by atoms with Crippen LogP contribution in [0.3, 0.4) is 0 Å². The second kappa shape index (κ2) is 6.43. The third kappa shape index (κ3) is 5.03. The Morgan fingerprint density at radius 2 is 1.76 bits per heavy atom. The van der Waals surface area contributed by atoms with E-state index in [1.807, 2.05) is 18.2 Å². The molecule has 94 valence electrons. The van der Waals surface area contributed by atoms with Crippen LogP contribution in [0.4, 0.5) is 5.69 Å². The summed E-state index contributed by atoms with van der Waals surface area (Å²) in [6, 6.07) is 8.06. The third-order valence-corrected chi connectivity index (χ3v) is 2.51. The van der Waals surface area contributed by atoms with Crippen LogP contribution in [0.1, 0.15) is 39.7 Å². The molecule has 0 fully saturated rings. The van der Waals surface area contributed by atoms with E-state index in [9.17, 15) is 4.79 Å². The van der Waals surface area contributed by atoms with Gasteiger partial charge in [0.1, 0.15) is 0 Å². The van der Waals surface area contributed by atoms with Crippen molar-refractivity contribution in [1.29, 1.82) is 0 Å². The van der Waals surface area contributed by atoms with Crippen molar-refractivity contribution in [2.45, 2.75) is 40.5 Å². The lowest BCUT2D eigenvalue weighted by atomic mass is 10.0. The summed E-state index contributed by atoms with van der Waals surface area (Å²) in [6.07, 6.45) is 1.58. The Hall–Kier alpha value is -1.31. The first kappa shape index (κ1) is 13.8. The molecule has 1 aromatic rings. The van der Waals surface area contributed by atoms with E-state index in [1.54, 1.807) is 0 Å². The van der Waals surface area contributed by atoms with E-state index in [-0.39, 0.29) is 5.91 Å². The summed E-state index contributed by atoms with van der Waals surface area (Å²) in [5, 5.41) is 3.01. The number of carbonyl (C=O) groups excluding carboxylic acids is 1. The molecule has 0 saturated heterocycles. The monoisotopic (exact) mass is 233 g/mol. The van der Waals surface area contributed by atoms with Crippen molar-refractivity contribution in [3.63, 3.8) is 0 Å². The zero-order chi connectivity index (χ0) is 12.8. The molecule has 1 amide bonds. The van der Waals surface area contributed by atoms with Gasteiger partial charge in [-0.2, -0.15) is 0 Å². The van der Waals surface area contributed by atoms with Gasteiger partial charge in [0.05, 0.1) is 0 Å². The molecule has 0 bridgehead atoms. The average molecular weight is 233 g/mol. The molecule has 0 aliphatic heterocycles. The number of hydrogen-bond donors (Lipinski definition) is 1. The highest BCUT2D eigenvalue weighted by Gasteiger charge is 2.09. The van der Waals surface area contributed by atoms with Gasteiger partial charge in [0.25, 0.3) is 0 Å². The van der Waals surface area contributed by atoms with Crippen molar-refractivity contribution in [3.05, 3.63) is 29.8 Å². The number of carbonyl (C=O) groups is 1. The van der Waals surface area contributed by atoms with E-state index in [4.69, 9.17) is 0 Å². The molecule has 17 heavy (non-hydrogen) atoms. The van der Waals surface area contributed by atoms with E-state index in [0.29, 0.717) is 18.3 Å². The zero-order valence-electron chi connectivity index (χ0n) is 11.3. The fourth-order valence-electron chi connectivity index (χ4n) is 1.83. The Bertz CT molecular complexity index is 369. The van der Waals surface area contributed by atoms with Gasteiger partial charge in [-0.05, 0) is 29.9 Å². The molecule has 0 saturated carbocycles. The second-order valence-electron chi connectivity index (χ2n) is 5.40. The van der Waals surface area contributed by atoms with Crippen molar-refractivity contribution in [2.24, 2.45) is 11.8 Å². The summed E-state index contributed by atoms with van der Waals surface area (Å²) in [6.45, 7) is 8.48. The van der Waals surface area contributed by atoms with Crippen LogP contribution >= 0.6 is 0 Å². The van der Waals surface area contributed by atoms with E-state index in [2.05, 4.69) is 39.1 Å². The number of rotatable bonds is 5. The average Bonchev–Trinajstić information content (AvgIpc) is 2.18. The lowest BCUT2D eigenvalue weighted by Crippen LogP contribution is -2.15. The molecule has 0 radical (unpaired) electrons. The summed E-state index contributed by atoms with van der Waals surface area (Å²) in [7, 11) is 0. The van der Waals surface area contributed by atoms with Gasteiger partial charge in [0, 0.05) is 12.1 Å². The molecule has 2 nitrogen and oxygen atoms in total. The Morgan fingerprint density at radius 3 is 2.35 bits per heavy atom. The van der Waals surface area contributed by atoms with Gasteiger partial charge in [-0.15, -0.1) is 0 Å². The maximum atomic E-state index is 11.7. The van der Waals surface area contributed by atoms with E-state index in [1.165, 1.54) is 5.56 Å². The summed E-state index contributed by atoms with van der Waals surface area (Å²) in [5.41, 5.74) is 2.19. The van der Waals surface area contributed by atoms with Crippen molar-refractivity contribution in [2.75, 3.05) is 5.32 Å². The summed E-state index contributed by atoms with van der Waals surface area (Å²) in [5.74, 6) is 1.10. The van der Waals surface area contributed by atoms with Gasteiger partial charge in [-0.1, -0.05) is 45.9 Å². The minimum atomic E-state index is 0.108. The maximum Gasteiger partial charge on any atom is 0.224 e. The highest BCUT2D eigenvalue weighted by atomic mass is 16.1. The number of anilines is 1. The van der Waals surface area contributed by atoms with Gasteiger partial charge < -0.3 is 5.32 Å². The largest absolute Gasteiger partial charge is 0.326 e. The Morgan fingerprint density at radius 1 is 1.12 bits per heavy atom. The number of para-hydroxylation sites is 1. The number of benzene rings is 1. The Kier molecular flexibility index (Phi) is 5.20. The highest BCUT2D eigenvalue weighted by molar-refractivity contribution is 5.91. The molecule has 1 rings (SSSR count). The van der Waals surface area contributed by atoms with Gasteiger partial charge in [-0.3, -0.25) is 4.79 Å². The predicted octanol–water partition coefficient (Wildman–Crippen LogP) is 3.87. The predicted molar refractivity (Wildman–Crippen MR) is 73.1 cm³/mol. The van der Waals surface area contributed by atoms with Crippen molar-refractivity contribution in [3.8, 4) is 0 Å². The molecule has 0 aromatic heterocycles. The molecular formula is C15H23NO. The van der Waals surface area contributed by atoms with Gasteiger partial charge in [0.2, 0.25) is 5.91 Å². The van der Waals surface area contributed by atoms with E-state index >= 15 is 0 Å². The molecule has 0 spiro atoms. The standard InChI is InChI=1S/C15H23NO/c1-11(2)9-13-7-5-6-8-14(13)16-15(17)10-12(3)4/h5-8,11-12H,9-10H2,1-4H3,(H,16,17). The van der Waals surface area contributed by atoms with Crippen LogP contribution in [-0.4, -0.2) is 5.91 Å². The molecule has 0 aliphatic rings. The highest BCUT2D eigenvalue weighted by Crippen LogP contribution is 2.19. The topological polar surface area (TPSA) is 29.1 Å². The fourth-order valence-corrected chi connectivity index (χ4v) is 1.83. The summed E-state index contributed by atoms with van der Waals surface area (Å²) >= 11 is 0. The van der Waals surface area contributed by atoms with Crippen molar-refractivity contribution < 1.29 is 4.79 Å². The molecule has 0 unspecified atom stereocenters. The minimum Gasteiger partial charge on any atom is -0.326 e. The molecular weight excluding hydrogens is 210 g/mol. The molecule has 1 N–H and O–H groups in total. The number of nitrogens with one attached hydrogen (secondary N) is 1. The smallest absolute Gasteiger partial charge is 0.224 e. The quantitative estimate of drug-likeness (QED) is 0.821. The van der Waals surface area contributed by atoms with E-state index in [0.717, 1.165) is 12.1 Å². The lowest BCUT2D eigenvalue weighted by Gasteiger charge is -2.13. The first-order chi connectivity index (χ1) is 7.99. The molecule has 1 aromatic carbocycles. The first-order valence-corrected chi connectivity index (χ1v) is 6.36. The SMILES string of the molecule is CC(C)CC(=O)Nc1ccccc1CC(C)C. The lowest BCUT2D eigenvalue weighted by molar-refractivity contribution is -0.116. The second-order valence-corrected chi connectivity index (χ2v) is 5.40. The van der Waals surface area contributed by atoms with Crippen LogP contribution in [0.25, 0.3) is 0 Å². The van der Waals surface area contributed by atoms with Crippen LogP contribution in [0.15, 0.2) is 24.3 Å². The van der Waals surface area contributed by atoms with Crippen LogP contribution in [0.5, 0.6) is 0 Å². The molecule has 0 aliphatic carbocycles. The van der Waals surface area contributed by atoms with Gasteiger partial charge in [0.15, 0.2) is 0 Å².